The lowest BCUT2D eigenvalue weighted by Gasteiger charge is -2.28. The second-order valence-electron chi connectivity index (χ2n) is 6.79. The van der Waals surface area contributed by atoms with Crippen molar-refractivity contribution in [1.82, 2.24) is 10.2 Å². The van der Waals surface area contributed by atoms with Crippen LogP contribution in [0.1, 0.15) is 32.6 Å². The van der Waals surface area contributed by atoms with Crippen molar-refractivity contribution < 1.29 is 9.59 Å². The maximum Gasteiger partial charge on any atom is 0.243 e. The van der Waals surface area contributed by atoms with E-state index in [9.17, 15) is 9.59 Å². The van der Waals surface area contributed by atoms with Crippen LogP contribution in [-0.4, -0.2) is 41.9 Å². The number of nitrogens with one attached hydrogen (secondary N) is 2. The van der Waals surface area contributed by atoms with Crippen molar-refractivity contribution in [3.63, 3.8) is 0 Å². The van der Waals surface area contributed by atoms with Crippen LogP contribution in [0.5, 0.6) is 0 Å². The molecule has 2 aliphatic rings. The van der Waals surface area contributed by atoms with E-state index in [-0.39, 0.29) is 18.4 Å². The maximum absolute atomic E-state index is 12.2. The Morgan fingerprint density at radius 2 is 1.92 bits per heavy atom. The van der Waals surface area contributed by atoms with Gasteiger partial charge in [-0.25, -0.2) is 0 Å². The molecule has 3 rings (SSSR count). The van der Waals surface area contributed by atoms with E-state index in [4.69, 9.17) is 0 Å². The van der Waals surface area contributed by atoms with E-state index < -0.39 is 0 Å². The van der Waals surface area contributed by atoms with Crippen LogP contribution < -0.4 is 10.6 Å². The van der Waals surface area contributed by atoms with Gasteiger partial charge in [-0.1, -0.05) is 12.1 Å². The van der Waals surface area contributed by atoms with Gasteiger partial charge in [-0.05, 0) is 66.6 Å². The number of halogens is 1. The molecule has 24 heavy (non-hydrogen) atoms. The molecular weight excluding hydrogens is 370 g/mol. The minimum Gasteiger partial charge on any atom is -0.346 e. The number of nitrogens with zero attached hydrogens (tertiary/aromatic N) is 1. The number of carbonyl (C=O) groups is 2. The van der Waals surface area contributed by atoms with Gasteiger partial charge in [-0.3, -0.25) is 14.5 Å². The van der Waals surface area contributed by atoms with Gasteiger partial charge in [0.15, 0.2) is 0 Å². The minimum atomic E-state index is -0.219. The van der Waals surface area contributed by atoms with E-state index in [1.165, 1.54) is 25.7 Å². The van der Waals surface area contributed by atoms with E-state index in [0.29, 0.717) is 24.3 Å². The molecule has 1 atom stereocenters. The number of amides is 2. The molecule has 2 saturated carbocycles. The largest absolute Gasteiger partial charge is 0.346 e. The summed E-state index contributed by atoms with van der Waals surface area (Å²) >= 11 is 3.39. The summed E-state index contributed by atoms with van der Waals surface area (Å²) < 4.78 is 0.822. The Morgan fingerprint density at radius 3 is 2.54 bits per heavy atom. The summed E-state index contributed by atoms with van der Waals surface area (Å²) in [5.74, 6) is 0.456. The lowest BCUT2D eigenvalue weighted by atomic mass is 10.1. The Labute approximate surface area is 151 Å². The van der Waals surface area contributed by atoms with Gasteiger partial charge in [0.1, 0.15) is 0 Å². The Hall–Kier alpha value is -1.40. The van der Waals surface area contributed by atoms with Gasteiger partial charge in [-0.15, -0.1) is 0 Å². The van der Waals surface area contributed by atoms with Crippen LogP contribution in [0.3, 0.4) is 0 Å². The third-order valence-corrected chi connectivity index (χ3v) is 5.45. The van der Waals surface area contributed by atoms with Crippen molar-refractivity contribution >= 4 is 33.4 Å². The molecule has 5 nitrogen and oxygen atoms in total. The van der Waals surface area contributed by atoms with Crippen molar-refractivity contribution in [2.45, 2.75) is 44.7 Å². The molecule has 2 N–H and O–H groups in total. The van der Waals surface area contributed by atoms with Crippen LogP contribution in [0, 0.1) is 5.92 Å². The number of hydrogen-bond donors (Lipinski definition) is 2. The Balaban J connectivity index is 1.44. The molecule has 0 aliphatic heterocycles. The zero-order valence-corrected chi connectivity index (χ0v) is 15.5. The van der Waals surface area contributed by atoms with Crippen molar-refractivity contribution in [1.29, 1.82) is 0 Å². The van der Waals surface area contributed by atoms with E-state index in [0.717, 1.165) is 10.4 Å². The van der Waals surface area contributed by atoms with E-state index >= 15 is 0 Å². The number of anilines is 1. The number of benzene rings is 1. The average Bonchev–Trinajstić information content (AvgIpc) is 3.44. The third-order valence-electron chi connectivity index (χ3n) is 4.76. The lowest BCUT2D eigenvalue weighted by Crippen LogP contribution is -2.45. The number of para-hydroxylation sites is 1. The molecule has 0 spiro atoms. The summed E-state index contributed by atoms with van der Waals surface area (Å²) in [4.78, 5) is 26.5. The summed E-state index contributed by atoms with van der Waals surface area (Å²) in [7, 11) is 0. The number of rotatable bonds is 8. The maximum atomic E-state index is 12.2. The summed E-state index contributed by atoms with van der Waals surface area (Å²) in [6.45, 7) is 2.62. The highest BCUT2D eigenvalue weighted by Crippen LogP contribution is 2.39. The van der Waals surface area contributed by atoms with E-state index in [1.54, 1.807) is 0 Å². The molecule has 0 bridgehead atoms. The highest BCUT2D eigenvalue weighted by atomic mass is 79.9. The van der Waals surface area contributed by atoms with Gasteiger partial charge in [0.2, 0.25) is 11.8 Å². The molecule has 0 aromatic heterocycles. The molecule has 130 valence electrons. The molecule has 1 aromatic carbocycles. The second-order valence-corrected chi connectivity index (χ2v) is 7.64. The van der Waals surface area contributed by atoms with E-state index in [2.05, 4.69) is 38.4 Å². The first-order chi connectivity index (χ1) is 11.5. The normalized spacial score (nSPS) is 18.3. The fraction of sp³-hybridized carbons (Fsp3) is 0.556. The van der Waals surface area contributed by atoms with Crippen LogP contribution in [0.4, 0.5) is 5.69 Å². The fourth-order valence-corrected chi connectivity index (χ4v) is 3.40. The molecular formula is C18H24BrN3O2. The summed E-state index contributed by atoms with van der Waals surface area (Å²) in [5.41, 5.74) is 0.707. The summed E-state index contributed by atoms with van der Waals surface area (Å²) in [5, 5.41) is 5.53. The molecule has 2 aliphatic carbocycles. The smallest absolute Gasteiger partial charge is 0.243 e. The van der Waals surface area contributed by atoms with Crippen molar-refractivity contribution in [2.75, 3.05) is 18.4 Å². The standard InChI is InChI=1S/C18H24BrN3O2/c1-12(13-6-7-13)22(14-8-9-14)11-18(24)20-10-17(23)21-16-5-3-2-4-15(16)19/h2-5,12-14H,6-11H2,1H3,(H,20,24)(H,21,23). The second kappa shape index (κ2) is 7.66. The topological polar surface area (TPSA) is 61.4 Å². The first kappa shape index (κ1) is 17.4. The predicted molar refractivity (Wildman–Crippen MR) is 97.7 cm³/mol. The highest BCUT2D eigenvalue weighted by molar-refractivity contribution is 9.10. The minimum absolute atomic E-state index is 0.00349. The van der Waals surface area contributed by atoms with Crippen molar-refractivity contribution in [3.8, 4) is 0 Å². The van der Waals surface area contributed by atoms with Gasteiger partial charge >= 0.3 is 0 Å². The first-order valence-corrected chi connectivity index (χ1v) is 9.40. The van der Waals surface area contributed by atoms with Crippen LogP contribution in [0.2, 0.25) is 0 Å². The molecule has 2 fully saturated rings. The third kappa shape index (κ3) is 4.80. The Bertz CT molecular complexity index is 614. The monoisotopic (exact) mass is 393 g/mol. The average molecular weight is 394 g/mol. The molecule has 0 saturated heterocycles. The van der Waals surface area contributed by atoms with Crippen LogP contribution >= 0.6 is 15.9 Å². The molecule has 6 heteroatoms. The van der Waals surface area contributed by atoms with Crippen LogP contribution in [-0.2, 0) is 9.59 Å². The lowest BCUT2D eigenvalue weighted by molar-refractivity contribution is -0.125. The molecule has 1 unspecified atom stereocenters. The molecule has 0 heterocycles. The number of hydrogen-bond acceptors (Lipinski definition) is 3. The van der Waals surface area contributed by atoms with Gasteiger partial charge < -0.3 is 10.6 Å². The first-order valence-electron chi connectivity index (χ1n) is 8.61. The fourth-order valence-electron chi connectivity index (χ4n) is 3.02. The van der Waals surface area contributed by atoms with Crippen molar-refractivity contribution in [3.05, 3.63) is 28.7 Å². The Morgan fingerprint density at radius 1 is 1.21 bits per heavy atom. The SMILES string of the molecule is CC(C1CC1)N(CC(=O)NCC(=O)Nc1ccccc1Br)C1CC1. The van der Waals surface area contributed by atoms with E-state index in [1.807, 2.05) is 24.3 Å². The van der Waals surface area contributed by atoms with Crippen LogP contribution in [0.25, 0.3) is 0 Å². The van der Waals surface area contributed by atoms with Crippen molar-refractivity contribution in [2.24, 2.45) is 5.92 Å². The van der Waals surface area contributed by atoms with Gasteiger partial charge in [0, 0.05) is 16.6 Å². The number of carbonyl (C=O) groups excluding carboxylic acids is 2. The highest BCUT2D eigenvalue weighted by Gasteiger charge is 2.39. The molecule has 1 aromatic rings. The summed E-state index contributed by atoms with van der Waals surface area (Å²) in [6.07, 6.45) is 4.93. The molecule has 0 radical (unpaired) electrons. The zero-order valence-electron chi connectivity index (χ0n) is 13.9. The molecule has 2 amide bonds. The Kier molecular flexibility index (Phi) is 5.56. The van der Waals surface area contributed by atoms with Gasteiger partial charge in [0.25, 0.3) is 0 Å². The van der Waals surface area contributed by atoms with Gasteiger partial charge in [0.05, 0.1) is 18.8 Å². The van der Waals surface area contributed by atoms with Gasteiger partial charge in [-0.2, -0.15) is 0 Å². The summed E-state index contributed by atoms with van der Waals surface area (Å²) in [6, 6.07) is 8.44. The predicted octanol–water partition coefficient (Wildman–Crippen LogP) is 2.77. The quantitative estimate of drug-likeness (QED) is 0.713. The van der Waals surface area contributed by atoms with Crippen LogP contribution in [0.15, 0.2) is 28.7 Å². The zero-order chi connectivity index (χ0) is 17.1.